The highest BCUT2D eigenvalue weighted by molar-refractivity contribution is 5.75. The molecule has 2 fully saturated rings. The number of rotatable bonds is 6. The van der Waals surface area contributed by atoms with Gasteiger partial charge in [-0.05, 0) is 51.9 Å². The van der Waals surface area contributed by atoms with E-state index in [2.05, 4.69) is 16.8 Å². The Morgan fingerprint density at radius 1 is 1.35 bits per heavy atom. The zero-order valence-corrected chi connectivity index (χ0v) is 16.0. The van der Waals surface area contributed by atoms with Crippen LogP contribution in [0.15, 0.2) is 6.07 Å². The summed E-state index contributed by atoms with van der Waals surface area (Å²) in [7, 11) is 0. The molecule has 1 atom stereocenters. The number of carboxylic acids is 1. The van der Waals surface area contributed by atoms with Crippen LogP contribution in [0.1, 0.15) is 63.4 Å². The molecule has 26 heavy (non-hydrogen) atoms. The lowest BCUT2D eigenvalue weighted by molar-refractivity contribution is -0.154. The molecule has 0 bridgehead atoms. The second-order valence-electron chi connectivity index (χ2n) is 7.80. The third-order valence-electron chi connectivity index (χ3n) is 5.75. The first-order valence-electron chi connectivity index (χ1n) is 9.97. The van der Waals surface area contributed by atoms with Gasteiger partial charge in [0.15, 0.2) is 0 Å². The van der Waals surface area contributed by atoms with Crippen LogP contribution < -0.4 is 4.90 Å². The molecule has 1 aromatic rings. The van der Waals surface area contributed by atoms with Crippen molar-refractivity contribution in [2.75, 3.05) is 24.6 Å². The zero-order chi connectivity index (χ0) is 18.6. The molecule has 3 heterocycles. The van der Waals surface area contributed by atoms with Gasteiger partial charge < -0.3 is 14.7 Å². The van der Waals surface area contributed by atoms with Crippen LogP contribution in [0.2, 0.25) is 0 Å². The Balaban J connectivity index is 1.68. The molecule has 0 spiro atoms. The number of aryl methyl sites for hydroxylation is 2. The first kappa shape index (κ1) is 19.1. The highest BCUT2D eigenvalue weighted by atomic mass is 16.5. The van der Waals surface area contributed by atoms with Crippen LogP contribution in [0.3, 0.4) is 0 Å². The van der Waals surface area contributed by atoms with E-state index < -0.39 is 11.4 Å². The Morgan fingerprint density at radius 2 is 2.12 bits per heavy atom. The van der Waals surface area contributed by atoms with Crippen LogP contribution in [-0.4, -0.2) is 46.8 Å². The Bertz CT molecular complexity index is 621. The average Bonchev–Trinajstić information content (AvgIpc) is 2.63. The molecule has 0 radical (unpaired) electrons. The van der Waals surface area contributed by atoms with Crippen LogP contribution in [0.4, 0.5) is 5.82 Å². The van der Waals surface area contributed by atoms with Gasteiger partial charge in [-0.25, -0.2) is 9.97 Å². The molecule has 1 aromatic heterocycles. The van der Waals surface area contributed by atoms with Gasteiger partial charge in [0.25, 0.3) is 0 Å². The van der Waals surface area contributed by atoms with Crippen LogP contribution >= 0.6 is 0 Å². The maximum Gasteiger partial charge on any atom is 0.309 e. The lowest BCUT2D eigenvalue weighted by Crippen LogP contribution is -2.47. The fourth-order valence-electron chi connectivity index (χ4n) is 4.18. The van der Waals surface area contributed by atoms with Crippen LogP contribution in [-0.2, 0) is 16.0 Å². The van der Waals surface area contributed by atoms with E-state index in [1.165, 1.54) is 0 Å². The maximum atomic E-state index is 12.1. The van der Waals surface area contributed by atoms with E-state index in [1.807, 2.05) is 13.0 Å². The number of carboxylic acid groups (broad SMARTS) is 1. The average molecular weight is 361 g/mol. The van der Waals surface area contributed by atoms with E-state index in [0.29, 0.717) is 19.3 Å². The minimum Gasteiger partial charge on any atom is -0.481 e. The number of hydrogen-bond acceptors (Lipinski definition) is 5. The summed E-state index contributed by atoms with van der Waals surface area (Å²) in [6, 6.07) is 2.01. The molecule has 2 aliphatic heterocycles. The van der Waals surface area contributed by atoms with Crippen LogP contribution in [0.5, 0.6) is 0 Å². The molecule has 2 saturated heterocycles. The van der Waals surface area contributed by atoms with Gasteiger partial charge >= 0.3 is 5.97 Å². The largest absolute Gasteiger partial charge is 0.481 e. The summed E-state index contributed by atoms with van der Waals surface area (Å²) in [6.07, 6.45) is 7.16. The highest BCUT2D eigenvalue weighted by Gasteiger charge is 2.43. The maximum absolute atomic E-state index is 12.1. The minimum atomic E-state index is -0.670. The van der Waals surface area contributed by atoms with Gasteiger partial charge in [0.05, 0.1) is 11.5 Å². The summed E-state index contributed by atoms with van der Waals surface area (Å²) in [5.74, 6) is 1.15. The second kappa shape index (κ2) is 8.33. The van der Waals surface area contributed by atoms with E-state index in [-0.39, 0.29) is 6.10 Å². The van der Waals surface area contributed by atoms with Crippen molar-refractivity contribution in [2.45, 2.75) is 71.3 Å². The van der Waals surface area contributed by atoms with Gasteiger partial charge in [-0.1, -0.05) is 6.92 Å². The monoisotopic (exact) mass is 361 g/mol. The number of aromatic nitrogens is 2. The van der Waals surface area contributed by atoms with Crippen LogP contribution in [0, 0.1) is 12.3 Å². The molecule has 144 valence electrons. The number of aliphatic carboxylic acids is 1. The predicted molar refractivity (Wildman–Crippen MR) is 100 cm³/mol. The van der Waals surface area contributed by atoms with E-state index in [1.54, 1.807) is 0 Å². The predicted octanol–water partition coefficient (Wildman–Crippen LogP) is 3.37. The van der Waals surface area contributed by atoms with E-state index in [9.17, 15) is 9.90 Å². The fourth-order valence-corrected chi connectivity index (χ4v) is 4.18. The van der Waals surface area contributed by atoms with Crippen molar-refractivity contribution in [1.82, 2.24) is 9.97 Å². The van der Waals surface area contributed by atoms with Crippen molar-refractivity contribution in [3.8, 4) is 0 Å². The van der Waals surface area contributed by atoms with Crippen molar-refractivity contribution in [3.05, 3.63) is 17.6 Å². The van der Waals surface area contributed by atoms with Gasteiger partial charge in [-0.2, -0.15) is 0 Å². The summed E-state index contributed by atoms with van der Waals surface area (Å²) >= 11 is 0. The third-order valence-corrected chi connectivity index (χ3v) is 5.75. The zero-order valence-electron chi connectivity index (χ0n) is 16.0. The molecule has 6 heteroatoms. The SMILES string of the molecule is CCCc1nc(C)cc(N2CCC(CC3CCCCO3)(C(=O)O)CC2)n1. The molecule has 1 unspecified atom stereocenters. The van der Waals surface area contributed by atoms with Gasteiger partial charge in [-0.15, -0.1) is 0 Å². The Hall–Kier alpha value is -1.69. The van der Waals surface area contributed by atoms with Crippen molar-refractivity contribution in [2.24, 2.45) is 5.41 Å². The third kappa shape index (κ3) is 4.34. The fraction of sp³-hybridized carbons (Fsp3) is 0.750. The van der Waals surface area contributed by atoms with E-state index in [0.717, 1.165) is 69.1 Å². The summed E-state index contributed by atoms with van der Waals surface area (Å²) in [5, 5.41) is 9.93. The lowest BCUT2D eigenvalue weighted by atomic mass is 9.73. The van der Waals surface area contributed by atoms with Gasteiger partial charge in [0, 0.05) is 37.9 Å². The van der Waals surface area contributed by atoms with E-state index in [4.69, 9.17) is 9.72 Å². The van der Waals surface area contributed by atoms with E-state index >= 15 is 0 Å². The number of anilines is 1. The minimum absolute atomic E-state index is 0.101. The summed E-state index contributed by atoms with van der Waals surface area (Å²) < 4.78 is 5.83. The standard InChI is InChI=1S/C20H31N3O3/c1-3-6-17-21-15(2)13-18(22-17)23-10-8-20(9-11-23,19(24)25)14-16-7-4-5-12-26-16/h13,16H,3-12,14H2,1-2H3,(H,24,25). The van der Waals surface area contributed by atoms with Crippen LogP contribution in [0.25, 0.3) is 0 Å². The van der Waals surface area contributed by atoms with Gasteiger partial charge in [0.1, 0.15) is 11.6 Å². The Morgan fingerprint density at radius 3 is 2.73 bits per heavy atom. The number of piperidine rings is 1. The summed E-state index contributed by atoms with van der Waals surface area (Å²) in [6.45, 7) is 6.34. The molecule has 6 nitrogen and oxygen atoms in total. The molecular formula is C20H31N3O3. The molecule has 1 N–H and O–H groups in total. The molecule has 2 aliphatic rings. The van der Waals surface area contributed by atoms with Crippen molar-refractivity contribution in [3.63, 3.8) is 0 Å². The number of carbonyl (C=O) groups is 1. The lowest BCUT2D eigenvalue weighted by Gasteiger charge is -2.41. The highest BCUT2D eigenvalue weighted by Crippen LogP contribution is 2.39. The molecule has 3 rings (SSSR count). The summed E-state index contributed by atoms with van der Waals surface area (Å²) in [4.78, 5) is 23.5. The summed E-state index contributed by atoms with van der Waals surface area (Å²) in [5.41, 5.74) is 0.316. The first-order chi connectivity index (χ1) is 12.5. The number of hydrogen-bond donors (Lipinski definition) is 1. The topological polar surface area (TPSA) is 75.6 Å². The molecule has 0 amide bonds. The number of nitrogens with zero attached hydrogens (tertiary/aromatic N) is 3. The molecule has 0 aliphatic carbocycles. The van der Waals surface area contributed by atoms with Gasteiger partial charge in [-0.3, -0.25) is 4.79 Å². The normalized spacial score (nSPS) is 23.0. The van der Waals surface area contributed by atoms with Crippen molar-refractivity contribution >= 4 is 11.8 Å². The molecule has 0 aromatic carbocycles. The first-order valence-corrected chi connectivity index (χ1v) is 9.97. The molecule has 0 saturated carbocycles. The second-order valence-corrected chi connectivity index (χ2v) is 7.80. The number of ether oxygens (including phenoxy) is 1. The smallest absolute Gasteiger partial charge is 0.309 e. The Labute approximate surface area is 156 Å². The Kier molecular flexibility index (Phi) is 6.12. The molecular weight excluding hydrogens is 330 g/mol. The van der Waals surface area contributed by atoms with Crippen molar-refractivity contribution in [1.29, 1.82) is 0 Å². The quantitative estimate of drug-likeness (QED) is 0.837. The van der Waals surface area contributed by atoms with Crippen molar-refractivity contribution < 1.29 is 14.6 Å². The van der Waals surface area contributed by atoms with Gasteiger partial charge in [0.2, 0.25) is 0 Å².